The second-order valence-electron chi connectivity index (χ2n) is 5.84. The third-order valence-electron chi connectivity index (χ3n) is 4.16. The molecule has 2 atom stereocenters. The summed E-state index contributed by atoms with van der Waals surface area (Å²) in [5.74, 6) is 0. The summed E-state index contributed by atoms with van der Waals surface area (Å²) >= 11 is 3.48. The first-order valence-corrected chi connectivity index (χ1v) is 8.63. The van der Waals surface area contributed by atoms with Gasteiger partial charge in [-0.05, 0) is 48.5 Å². The molecule has 2 unspecified atom stereocenters. The zero-order valence-corrected chi connectivity index (χ0v) is 14.5. The lowest BCUT2D eigenvalue weighted by Crippen LogP contribution is -2.50. The number of halogens is 1. The highest BCUT2D eigenvalue weighted by atomic mass is 79.9. The molecule has 2 N–H and O–H groups in total. The largest absolute Gasteiger partial charge is 0.365 e. The Kier molecular flexibility index (Phi) is 5.81. The minimum atomic E-state index is -0.0463. The molecule has 6 heteroatoms. The smallest absolute Gasteiger partial charge is 0.283 e. The van der Waals surface area contributed by atoms with Crippen LogP contribution in [0.15, 0.2) is 15.5 Å². The average Bonchev–Trinajstić information content (AvgIpc) is 2.49. The van der Waals surface area contributed by atoms with Gasteiger partial charge < -0.3 is 10.6 Å². The Morgan fingerprint density at radius 2 is 2.29 bits per heavy atom. The normalized spacial score (nSPS) is 20.6. The second-order valence-corrected chi connectivity index (χ2v) is 6.63. The Morgan fingerprint density at radius 3 is 2.95 bits per heavy atom. The van der Waals surface area contributed by atoms with Crippen LogP contribution in [0.1, 0.15) is 46.0 Å². The molecule has 2 heterocycles. The number of rotatable bonds is 5. The van der Waals surface area contributed by atoms with Crippen LogP contribution in [-0.2, 0) is 6.54 Å². The lowest BCUT2D eigenvalue weighted by Gasteiger charge is -2.39. The maximum Gasteiger partial charge on any atom is 0.283 e. The van der Waals surface area contributed by atoms with E-state index in [1.165, 1.54) is 6.42 Å². The first-order valence-electron chi connectivity index (χ1n) is 7.84. The fourth-order valence-corrected chi connectivity index (χ4v) is 3.46. The van der Waals surface area contributed by atoms with Crippen molar-refractivity contribution in [3.8, 4) is 0 Å². The van der Waals surface area contributed by atoms with Crippen molar-refractivity contribution in [1.82, 2.24) is 9.78 Å². The van der Waals surface area contributed by atoms with E-state index < -0.39 is 0 Å². The van der Waals surface area contributed by atoms with E-state index in [1.807, 2.05) is 13.1 Å². The quantitative estimate of drug-likeness (QED) is 0.880. The molecule has 0 amide bonds. The summed E-state index contributed by atoms with van der Waals surface area (Å²) in [4.78, 5) is 14.7. The molecule has 1 aromatic rings. The summed E-state index contributed by atoms with van der Waals surface area (Å²) in [5.41, 5.74) is 6.96. The van der Waals surface area contributed by atoms with Crippen molar-refractivity contribution in [3.63, 3.8) is 0 Å². The van der Waals surface area contributed by atoms with Gasteiger partial charge >= 0.3 is 0 Å². The molecule has 2 rings (SSSR count). The van der Waals surface area contributed by atoms with Crippen LogP contribution in [-0.4, -0.2) is 28.4 Å². The van der Waals surface area contributed by atoms with Crippen molar-refractivity contribution < 1.29 is 0 Å². The SMILES string of the molecule is CCCCn1ncc(N2CCCCC2C(C)N)c(Br)c1=O. The van der Waals surface area contributed by atoms with Gasteiger partial charge in [0.1, 0.15) is 4.47 Å². The molecule has 0 aromatic carbocycles. The van der Waals surface area contributed by atoms with Crippen molar-refractivity contribution in [1.29, 1.82) is 0 Å². The molecule has 1 fully saturated rings. The van der Waals surface area contributed by atoms with Crippen molar-refractivity contribution in [2.45, 2.75) is 64.6 Å². The Bertz CT molecular complexity index is 529. The van der Waals surface area contributed by atoms with E-state index in [1.54, 1.807) is 4.68 Å². The van der Waals surface area contributed by atoms with Crippen LogP contribution in [0.2, 0.25) is 0 Å². The fraction of sp³-hybridized carbons (Fsp3) is 0.733. The molecule has 5 nitrogen and oxygen atoms in total. The number of aryl methyl sites for hydroxylation is 1. The average molecular weight is 357 g/mol. The lowest BCUT2D eigenvalue weighted by molar-refractivity contribution is 0.411. The van der Waals surface area contributed by atoms with E-state index in [0.29, 0.717) is 11.0 Å². The van der Waals surface area contributed by atoms with Gasteiger partial charge in [-0.25, -0.2) is 4.68 Å². The number of hydrogen-bond donors (Lipinski definition) is 1. The predicted molar refractivity (Wildman–Crippen MR) is 89.7 cm³/mol. The van der Waals surface area contributed by atoms with Gasteiger partial charge in [-0.15, -0.1) is 0 Å². The molecule has 118 valence electrons. The molecule has 1 saturated heterocycles. The summed E-state index contributed by atoms with van der Waals surface area (Å²) < 4.78 is 2.16. The molecule has 0 radical (unpaired) electrons. The maximum atomic E-state index is 12.4. The minimum absolute atomic E-state index is 0.0463. The van der Waals surface area contributed by atoms with Gasteiger partial charge in [-0.2, -0.15) is 5.10 Å². The summed E-state index contributed by atoms with van der Waals surface area (Å²) in [6.07, 6.45) is 7.22. The number of anilines is 1. The highest BCUT2D eigenvalue weighted by Gasteiger charge is 2.28. The number of nitrogens with zero attached hydrogens (tertiary/aromatic N) is 3. The lowest BCUT2D eigenvalue weighted by atomic mass is 9.96. The topological polar surface area (TPSA) is 64.2 Å². The van der Waals surface area contributed by atoms with Gasteiger partial charge in [0.2, 0.25) is 0 Å². The third-order valence-corrected chi connectivity index (χ3v) is 4.90. The molecule has 0 saturated carbocycles. The zero-order chi connectivity index (χ0) is 15.4. The Hall–Kier alpha value is -0.880. The van der Waals surface area contributed by atoms with Gasteiger partial charge in [-0.3, -0.25) is 4.79 Å². The molecule has 0 bridgehead atoms. The van der Waals surface area contributed by atoms with E-state index in [0.717, 1.165) is 37.9 Å². The Balaban J connectivity index is 2.31. The van der Waals surface area contributed by atoms with E-state index in [9.17, 15) is 4.79 Å². The third kappa shape index (κ3) is 3.66. The monoisotopic (exact) mass is 356 g/mol. The van der Waals surface area contributed by atoms with Crippen LogP contribution in [0.4, 0.5) is 5.69 Å². The molecular weight excluding hydrogens is 332 g/mol. The fourth-order valence-electron chi connectivity index (χ4n) is 2.93. The zero-order valence-electron chi connectivity index (χ0n) is 12.9. The molecular formula is C15H25BrN4O. The van der Waals surface area contributed by atoms with Gasteiger partial charge in [0.15, 0.2) is 0 Å². The standard InChI is InChI=1S/C15H25BrN4O/c1-3-4-9-20-15(21)14(16)13(10-18-20)19-8-6-5-7-12(19)11(2)17/h10-12H,3-9,17H2,1-2H3. The van der Waals surface area contributed by atoms with Gasteiger partial charge in [0, 0.05) is 25.2 Å². The van der Waals surface area contributed by atoms with Gasteiger partial charge in [-0.1, -0.05) is 13.3 Å². The number of nitrogens with two attached hydrogens (primary N) is 1. The molecule has 1 aliphatic heterocycles. The molecule has 0 aliphatic carbocycles. The molecule has 1 aliphatic rings. The first kappa shape index (κ1) is 16.5. The molecule has 21 heavy (non-hydrogen) atoms. The second kappa shape index (κ2) is 7.40. The number of unbranched alkanes of at least 4 members (excludes halogenated alkanes) is 1. The van der Waals surface area contributed by atoms with E-state index in [2.05, 4.69) is 32.9 Å². The van der Waals surface area contributed by atoms with Crippen molar-refractivity contribution in [3.05, 3.63) is 21.0 Å². The number of aromatic nitrogens is 2. The number of hydrogen-bond acceptors (Lipinski definition) is 4. The Morgan fingerprint density at radius 1 is 1.52 bits per heavy atom. The highest BCUT2D eigenvalue weighted by molar-refractivity contribution is 9.10. The van der Waals surface area contributed by atoms with Crippen molar-refractivity contribution in [2.24, 2.45) is 5.73 Å². The predicted octanol–water partition coefficient (Wildman–Crippen LogP) is 2.51. The van der Waals surface area contributed by atoms with Crippen molar-refractivity contribution >= 4 is 21.6 Å². The highest BCUT2D eigenvalue weighted by Crippen LogP contribution is 2.29. The van der Waals surface area contributed by atoms with Crippen LogP contribution in [0, 0.1) is 0 Å². The minimum Gasteiger partial charge on any atom is -0.365 e. The van der Waals surface area contributed by atoms with E-state index >= 15 is 0 Å². The molecule has 1 aromatic heterocycles. The van der Waals surface area contributed by atoms with Gasteiger partial charge in [0.25, 0.3) is 5.56 Å². The summed E-state index contributed by atoms with van der Waals surface area (Å²) in [6.45, 7) is 5.75. The van der Waals surface area contributed by atoms with Crippen LogP contribution in [0.3, 0.4) is 0 Å². The van der Waals surface area contributed by atoms with Crippen LogP contribution >= 0.6 is 15.9 Å². The van der Waals surface area contributed by atoms with Crippen molar-refractivity contribution in [2.75, 3.05) is 11.4 Å². The van der Waals surface area contributed by atoms with Crippen LogP contribution in [0.5, 0.6) is 0 Å². The van der Waals surface area contributed by atoms with Crippen LogP contribution in [0.25, 0.3) is 0 Å². The Labute approximate surface area is 134 Å². The van der Waals surface area contributed by atoms with E-state index in [-0.39, 0.29) is 17.6 Å². The summed E-state index contributed by atoms with van der Waals surface area (Å²) in [6, 6.07) is 0.363. The first-order chi connectivity index (χ1) is 10.1. The van der Waals surface area contributed by atoms with Crippen LogP contribution < -0.4 is 16.2 Å². The molecule has 0 spiro atoms. The van der Waals surface area contributed by atoms with Gasteiger partial charge in [0.05, 0.1) is 11.9 Å². The maximum absolute atomic E-state index is 12.4. The summed E-state index contributed by atoms with van der Waals surface area (Å²) in [5, 5.41) is 4.34. The number of piperidine rings is 1. The van der Waals surface area contributed by atoms with E-state index in [4.69, 9.17) is 5.73 Å². The summed E-state index contributed by atoms with van der Waals surface area (Å²) in [7, 11) is 0.